The van der Waals surface area contributed by atoms with Crippen molar-refractivity contribution in [1.82, 2.24) is 20.6 Å². The summed E-state index contributed by atoms with van der Waals surface area (Å²) >= 11 is 0. The molecular formula is C36H32F3N7O4S. The van der Waals surface area contributed by atoms with Gasteiger partial charge >= 0.3 is 12.4 Å². The van der Waals surface area contributed by atoms with Crippen LogP contribution in [-0.4, -0.2) is 43.1 Å². The first-order chi connectivity index (χ1) is 24.6. The summed E-state index contributed by atoms with van der Waals surface area (Å²) in [7, 11) is -1.95. The number of carbonyl (C=O) groups excluding carboxylic acids is 2. The highest BCUT2D eigenvalue weighted by molar-refractivity contribution is 7.84. The first kappa shape index (κ1) is 35.0. The van der Waals surface area contributed by atoms with E-state index < -0.39 is 34.8 Å². The topological polar surface area (TPSA) is 142 Å². The van der Waals surface area contributed by atoms with E-state index in [2.05, 4.69) is 42.1 Å². The van der Waals surface area contributed by atoms with Gasteiger partial charge in [-0.05, 0) is 95.6 Å². The Kier molecular flexibility index (Phi) is 10.8. The normalized spacial score (nSPS) is 13.5. The Morgan fingerprint density at radius 2 is 1.67 bits per heavy atom. The van der Waals surface area contributed by atoms with Gasteiger partial charge in [0.15, 0.2) is 0 Å². The zero-order valence-electron chi connectivity index (χ0n) is 27.0. The van der Waals surface area contributed by atoms with E-state index in [1.54, 1.807) is 54.6 Å². The Balaban J connectivity index is 1.26. The molecule has 0 radical (unpaired) electrons. The number of urea groups is 1. The van der Waals surface area contributed by atoms with E-state index in [1.165, 1.54) is 22.6 Å². The zero-order chi connectivity index (χ0) is 35.8. The van der Waals surface area contributed by atoms with Crippen molar-refractivity contribution >= 4 is 45.6 Å². The van der Waals surface area contributed by atoms with E-state index >= 15 is 0 Å². The Hall–Kier alpha value is -5.83. The quantitative estimate of drug-likeness (QED) is 0.126. The van der Waals surface area contributed by atoms with Crippen molar-refractivity contribution in [2.24, 2.45) is 0 Å². The third kappa shape index (κ3) is 9.45. The number of aromatic amines is 1. The average Bonchev–Trinajstić information content (AvgIpc) is 3.65. The molecule has 1 atom stereocenters. The summed E-state index contributed by atoms with van der Waals surface area (Å²) in [5.74, 6) is -1.12. The largest absolute Gasteiger partial charge is 0.573 e. The number of hydrogen-bond donors (Lipinski definition) is 3. The van der Waals surface area contributed by atoms with E-state index in [0.29, 0.717) is 22.4 Å². The molecule has 0 spiro atoms. The second-order valence-corrected chi connectivity index (χ2v) is 13.0. The van der Waals surface area contributed by atoms with E-state index in [0.717, 1.165) is 37.3 Å². The van der Waals surface area contributed by atoms with Crippen molar-refractivity contribution in [3.8, 4) is 5.75 Å². The Morgan fingerprint density at radius 1 is 0.902 bits per heavy atom. The van der Waals surface area contributed by atoms with Crippen molar-refractivity contribution in [2.75, 3.05) is 15.5 Å². The minimum Gasteiger partial charge on any atom is -0.404 e. The molecule has 15 heteroatoms. The number of amides is 3. The fraction of sp³-hybridized carbons (Fsp3) is 0.194. The lowest BCUT2D eigenvalue weighted by Gasteiger charge is -2.24. The van der Waals surface area contributed by atoms with Gasteiger partial charge in [-0.15, -0.1) is 18.3 Å². The number of anilines is 3. The molecule has 5 aromatic rings. The SMILES string of the molecule is O=C(Nc1nn[nH]n1)c1ccc(CN(C(=O)Nc2ccc(OC(F)(F)F)c(S(=O)Cc3ccccc3)c2)c2ccc(C3=CCCCC3)cc2)cc1. The molecule has 0 bridgehead atoms. The number of carbonyl (C=O) groups is 2. The number of nitrogens with zero attached hydrogens (tertiary/aromatic N) is 4. The summed E-state index contributed by atoms with van der Waals surface area (Å²) in [4.78, 5) is 27.8. The molecule has 0 fully saturated rings. The van der Waals surface area contributed by atoms with E-state index in [-0.39, 0.29) is 28.8 Å². The third-order valence-corrected chi connectivity index (χ3v) is 9.43. The molecule has 0 saturated heterocycles. The maximum absolute atomic E-state index is 14.0. The summed E-state index contributed by atoms with van der Waals surface area (Å²) in [6.45, 7) is 0.0721. The molecule has 1 unspecified atom stereocenters. The van der Waals surface area contributed by atoms with Crippen molar-refractivity contribution in [1.29, 1.82) is 0 Å². The molecule has 262 valence electrons. The zero-order valence-corrected chi connectivity index (χ0v) is 27.8. The lowest BCUT2D eigenvalue weighted by atomic mass is 9.93. The van der Waals surface area contributed by atoms with E-state index in [4.69, 9.17) is 0 Å². The van der Waals surface area contributed by atoms with Crippen LogP contribution in [0, 0.1) is 0 Å². The van der Waals surface area contributed by atoms with Crippen LogP contribution >= 0.6 is 0 Å². The van der Waals surface area contributed by atoms with Gasteiger partial charge in [0.1, 0.15) is 5.75 Å². The molecule has 1 aliphatic rings. The number of alkyl halides is 3. The highest BCUT2D eigenvalue weighted by atomic mass is 32.2. The Morgan fingerprint density at radius 3 is 2.33 bits per heavy atom. The van der Waals surface area contributed by atoms with Crippen molar-refractivity contribution in [3.05, 3.63) is 125 Å². The number of aromatic nitrogens is 4. The predicted octanol–water partition coefficient (Wildman–Crippen LogP) is 7.85. The minimum absolute atomic E-state index is 0.0180. The van der Waals surface area contributed by atoms with E-state index in [9.17, 15) is 27.0 Å². The second-order valence-electron chi connectivity index (χ2n) is 11.6. The average molecular weight is 716 g/mol. The van der Waals surface area contributed by atoms with Gasteiger partial charge in [-0.3, -0.25) is 19.2 Å². The molecular weight excluding hydrogens is 684 g/mol. The maximum atomic E-state index is 14.0. The molecule has 0 aliphatic heterocycles. The molecule has 51 heavy (non-hydrogen) atoms. The van der Waals surface area contributed by atoms with Gasteiger partial charge in [0.05, 0.1) is 28.0 Å². The summed E-state index contributed by atoms with van der Waals surface area (Å²) < 4.78 is 57.5. The lowest BCUT2D eigenvalue weighted by molar-refractivity contribution is -0.275. The van der Waals surface area contributed by atoms with Crippen LogP contribution in [0.5, 0.6) is 5.75 Å². The number of rotatable bonds is 11. The Bertz CT molecular complexity index is 2020. The number of halogens is 3. The van der Waals surface area contributed by atoms with Crippen LogP contribution in [0.3, 0.4) is 0 Å². The van der Waals surface area contributed by atoms with E-state index in [1.807, 2.05) is 24.3 Å². The van der Waals surface area contributed by atoms with Crippen LogP contribution in [0.15, 0.2) is 108 Å². The minimum atomic E-state index is -5.02. The predicted molar refractivity (Wildman–Crippen MR) is 186 cm³/mol. The summed E-state index contributed by atoms with van der Waals surface area (Å²) in [6.07, 6.45) is 1.45. The number of hydrogen-bond acceptors (Lipinski definition) is 7. The van der Waals surface area contributed by atoms with Crippen LogP contribution in [-0.2, 0) is 23.1 Å². The second kappa shape index (κ2) is 15.8. The Labute approximate surface area is 293 Å². The van der Waals surface area contributed by atoms with Gasteiger partial charge in [0.25, 0.3) is 11.9 Å². The van der Waals surface area contributed by atoms with Crippen molar-refractivity contribution in [3.63, 3.8) is 0 Å². The monoisotopic (exact) mass is 715 g/mol. The van der Waals surface area contributed by atoms with Crippen LogP contribution in [0.1, 0.15) is 52.7 Å². The molecule has 4 aromatic carbocycles. The first-order valence-corrected chi connectivity index (χ1v) is 17.3. The number of nitrogens with one attached hydrogen (secondary N) is 3. The van der Waals surface area contributed by atoms with Crippen LogP contribution in [0.2, 0.25) is 0 Å². The van der Waals surface area contributed by atoms with Gasteiger partial charge in [-0.25, -0.2) is 4.79 Å². The molecule has 3 amide bonds. The first-order valence-electron chi connectivity index (χ1n) is 15.9. The fourth-order valence-corrected chi connectivity index (χ4v) is 6.78. The van der Waals surface area contributed by atoms with Gasteiger partial charge in [0, 0.05) is 16.9 Å². The number of benzene rings is 4. The summed E-state index contributed by atoms with van der Waals surface area (Å²) in [5, 5.41) is 18.4. The highest BCUT2D eigenvalue weighted by Crippen LogP contribution is 2.33. The van der Waals surface area contributed by atoms with Crippen LogP contribution in [0.25, 0.3) is 5.57 Å². The molecule has 1 aromatic heterocycles. The number of H-pyrrole nitrogens is 1. The van der Waals surface area contributed by atoms with Crippen LogP contribution in [0.4, 0.5) is 35.3 Å². The van der Waals surface area contributed by atoms with Gasteiger partial charge in [-0.2, -0.15) is 5.21 Å². The molecule has 11 nitrogen and oxygen atoms in total. The van der Waals surface area contributed by atoms with Crippen molar-refractivity contribution < 1.29 is 31.7 Å². The van der Waals surface area contributed by atoms with Gasteiger partial charge in [-0.1, -0.05) is 65.8 Å². The fourth-order valence-electron chi connectivity index (χ4n) is 5.54. The standard InChI is InChI=1S/C36H32F3N7O4S/c37-36(38,39)50-31-20-17-29(21-32(31)51(49)23-25-7-3-1-4-8-25)40-35(48)46(30-18-15-27(16-19-30)26-9-5-2-6-10-26)22-24-11-13-28(14-12-24)33(47)41-34-42-44-45-43-34/h1,3-4,7-9,11-21H,2,5-6,10,22-23H2,(H,40,48)(H2,41,42,43,44,45,47). The van der Waals surface area contributed by atoms with Gasteiger partial charge < -0.3 is 10.1 Å². The number of allylic oxidation sites excluding steroid dienone is 2. The molecule has 1 heterocycles. The smallest absolute Gasteiger partial charge is 0.404 e. The molecule has 1 aliphatic carbocycles. The molecule has 6 rings (SSSR count). The summed E-state index contributed by atoms with van der Waals surface area (Å²) in [6, 6.07) is 25.8. The molecule has 3 N–H and O–H groups in total. The number of tetrazole rings is 1. The van der Waals surface area contributed by atoms with Crippen molar-refractivity contribution in [2.45, 2.75) is 49.2 Å². The van der Waals surface area contributed by atoms with Gasteiger partial charge in [0.2, 0.25) is 0 Å². The lowest BCUT2D eigenvalue weighted by Crippen LogP contribution is -2.34. The van der Waals surface area contributed by atoms with Crippen LogP contribution < -0.4 is 20.3 Å². The molecule has 0 saturated carbocycles. The number of ether oxygens (including phenoxy) is 1. The highest BCUT2D eigenvalue weighted by Gasteiger charge is 2.33. The third-order valence-electron chi connectivity index (χ3n) is 8.02. The summed E-state index contributed by atoms with van der Waals surface area (Å²) in [5.41, 5.74) is 4.63. The maximum Gasteiger partial charge on any atom is 0.573 e.